The molecule has 17 heavy (non-hydrogen) atoms. The van der Waals surface area contributed by atoms with E-state index in [1.165, 1.54) is 10.9 Å². The van der Waals surface area contributed by atoms with Crippen LogP contribution in [0.25, 0.3) is 0 Å². The van der Waals surface area contributed by atoms with Crippen LogP contribution in [0.15, 0.2) is 12.4 Å². The summed E-state index contributed by atoms with van der Waals surface area (Å²) in [5.74, 6) is -0.154. The molecular weight excluding hydrogens is 222 g/mol. The number of piperazine rings is 1. The fourth-order valence-corrected chi connectivity index (χ4v) is 1.68. The van der Waals surface area contributed by atoms with Gasteiger partial charge in [0.15, 0.2) is 0 Å². The van der Waals surface area contributed by atoms with Crippen LogP contribution in [0.2, 0.25) is 0 Å². The number of hydrogen-bond donors (Lipinski definition) is 1. The third kappa shape index (κ3) is 2.55. The van der Waals surface area contributed by atoms with Crippen LogP contribution in [0.3, 0.4) is 0 Å². The van der Waals surface area contributed by atoms with Gasteiger partial charge in [-0.2, -0.15) is 5.10 Å². The largest absolute Gasteiger partial charge is 0.396 e. The zero-order valence-electron chi connectivity index (χ0n) is 9.67. The summed E-state index contributed by atoms with van der Waals surface area (Å²) >= 11 is 0. The molecule has 0 radical (unpaired) electrons. The van der Waals surface area contributed by atoms with E-state index in [4.69, 9.17) is 5.73 Å². The van der Waals surface area contributed by atoms with Crippen molar-refractivity contribution in [3.05, 3.63) is 12.4 Å². The fraction of sp³-hybridized carbons (Fsp3) is 0.500. The molecule has 1 aliphatic heterocycles. The number of carbonyl (C=O) groups is 2. The van der Waals surface area contributed by atoms with Crippen molar-refractivity contribution in [3.63, 3.8) is 0 Å². The number of nitrogen functional groups attached to an aromatic ring is 1. The molecule has 0 atom stereocenters. The molecule has 2 heterocycles. The number of aromatic nitrogens is 2. The Labute approximate surface area is 98.8 Å². The van der Waals surface area contributed by atoms with Gasteiger partial charge in [-0.15, -0.1) is 0 Å². The first-order valence-corrected chi connectivity index (χ1v) is 5.36. The summed E-state index contributed by atoms with van der Waals surface area (Å²) in [6, 6.07) is 0. The first kappa shape index (κ1) is 11.4. The lowest BCUT2D eigenvalue weighted by Crippen LogP contribution is -2.51. The molecule has 0 aromatic carbocycles. The van der Waals surface area contributed by atoms with E-state index in [1.807, 2.05) is 0 Å². The monoisotopic (exact) mass is 237 g/mol. The Morgan fingerprint density at radius 2 is 2.29 bits per heavy atom. The fourth-order valence-electron chi connectivity index (χ4n) is 1.68. The van der Waals surface area contributed by atoms with Crippen molar-refractivity contribution in [2.24, 2.45) is 0 Å². The molecule has 1 aromatic heterocycles. The average Bonchev–Trinajstić information content (AvgIpc) is 2.68. The van der Waals surface area contributed by atoms with Gasteiger partial charge in [-0.3, -0.25) is 14.3 Å². The van der Waals surface area contributed by atoms with Crippen LogP contribution < -0.4 is 5.73 Å². The van der Waals surface area contributed by atoms with Gasteiger partial charge in [0.1, 0.15) is 6.54 Å². The minimum atomic E-state index is -0.116. The summed E-state index contributed by atoms with van der Waals surface area (Å²) in [6.07, 6.45) is 3.08. The van der Waals surface area contributed by atoms with Crippen LogP contribution in [0.4, 0.5) is 5.69 Å². The number of nitrogens with two attached hydrogens (primary N) is 1. The summed E-state index contributed by atoms with van der Waals surface area (Å²) in [4.78, 5) is 26.5. The molecule has 0 bridgehead atoms. The Balaban J connectivity index is 1.94. The van der Waals surface area contributed by atoms with Crippen LogP contribution in [-0.4, -0.2) is 58.1 Å². The maximum absolute atomic E-state index is 11.9. The molecule has 1 aliphatic rings. The highest BCUT2D eigenvalue weighted by Crippen LogP contribution is 2.04. The minimum Gasteiger partial charge on any atom is -0.396 e. The smallest absolute Gasteiger partial charge is 0.244 e. The lowest BCUT2D eigenvalue weighted by Gasteiger charge is -2.31. The van der Waals surface area contributed by atoms with Crippen molar-refractivity contribution in [3.8, 4) is 0 Å². The van der Waals surface area contributed by atoms with Crippen LogP contribution in [0.5, 0.6) is 0 Å². The SMILES string of the molecule is CN1CCN(C(=O)Cn2cc(N)cn2)CC1=O. The molecule has 2 rings (SSSR count). The van der Waals surface area contributed by atoms with E-state index in [0.717, 1.165) is 0 Å². The molecule has 0 aliphatic carbocycles. The van der Waals surface area contributed by atoms with E-state index in [2.05, 4.69) is 5.10 Å². The highest BCUT2D eigenvalue weighted by molar-refractivity contribution is 5.85. The molecule has 2 N–H and O–H groups in total. The van der Waals surface area contributed by atoms with Gasteiger partial charge in [0, 0.05) is 26.3 Å². The second-order valence-electron chi connectivity index (χ2n) is 4.10. The van der Waals surface area contributed by atoms with Gasteiger partial charge in [-0.25, -0.2) is 0 Å². The highest BCUT2D eigenvalue weighted by Gasteiger charge is 2.24. The van der Waals surface area contributed by atoms with E-state index < -0.39 is 0 Å². The van der Waals surface area contributed by atoms with Gasteiger partial charge in [0.05, 0.1) is 18.4 Å². The summed E-state index contributed by atoms with van der Waals surface area (Å²) < 4.78 is 1.47. The van der Waals surface area contributed by atoms with E-state index in [9.17, 15) is 9.59 Å². The maximum atomic E-state index is 11.9. The van der Waals surface area contributed by atoms with Crippen molar-refractivity contribution >= 4 is 17.5 Å². The van der Waals surface area contributed by atoms with E-state index >= 15 is 0 Å². The second-order valence-corrected chi connectivity index (χ2v) is 4.10. The third-order valence-corrected chi connectivity index (χ3v) is 2.76. The van der Waals surface area contributed by atoms with Gasteiger partial charge in [0.25, 0.3) is 0 Å². The first-order valence-electron chi connectivity index (χ1n) is 5.36. The Hall–Kier alpha value is -2.05. The number of likely N-dealkylation sites (N-methyl/N-ethyl adjacent to an activating group) is 1. The van der Waals surface area contributed by atoms with E-state index in [1.54, 1.807) is 23.0 Å². The van der Waals surface area contributed by atoms with Gasteiger partial charge >= 0.3 is 0 Å². The zero-order valence-corrected chi connectivity index (χ0v) is 9.67. The summed E-state index contributed by atoms with van der Waals surface area (Å²) in [5.41, 5.74) is 6.02. The molecule has 1 aromatic rings. The van der Waals surface area contributed by atoms with Gasteiger partial charge in [0.2, 0.25) is 11.8 Å². The zero-order chi connectivity index (χ0) is 12.4. The van der Waals surface area contributed by atoms with Crippen LogP contribution in [0, 0.1) is 0 Å². The highest BCUT2D eigenvalue weighted by atomic mass is 16.2. The maximum Gasteiger partial charge on any atom is 0.244 e. The van der Waals surface area contributed by atoms with E-state index in [-0.39, 0.29) is 24.9 Å². The molecule has 7 nitrogen and oxygen atoms in total. The topological polar surface area (TPSA) is 84.5 Å². The van der Waals surface area contributed by atoms with Crippen LogP contribution >= 0.6 is 0 Å². The number of nitrogens with zero attached hydrogens (tertiary/aromatic N) is 4. The summed E-state index contributed by atoms with van der Waals surface area (Å²) in [6.45, 7) is 1.41. The Bertz CT molecular complexity index is 442. The number of hydrogen-bond acceptors (Lipinski definition) is 4. The predicted molar refractivity (Wildman–Crippen MR) is 60.9 cm³/mol. The lowest BCUT2D eigenvalue weighted by atomic mass is 10.3. The van der Waals surface area contributed by atoms with Gasteiger partial charge < -0.3 is 15.5 Å². The van der Waals surface area contributed by atoms with Gasteiger partial charge in [-0.1, -0.05) is 0 Å². The van der Waals surface area contributed by atoms with Crippen molar-refractivity contribution in [1.82, 2.24) is 19.6 Å². The van der Waals surface area contributed by atoms with Crippen molar-refractivity contribution in [2.45, 2.75) is 6.54 Å². The number of carbonyl (C=O) groups excluding carboxylic acids is 2. The minimum absolute atomic E-state index is 0.0374. The molecule has 1 saturated heterocycles. The summed E-state index contributed by atoms with van der Waals surface area (Å²) in [7, 11) is 1.73. The van der Waals surface area contributed by atoms with Gasteiger partial charge in [-0.05, 0) is 0 Å². The molecular formula is C10H15N5O2. The Morgan fingerprint density at radius 3 is 2.88 bits per heavy atom. The van der Waals surface area contributed by atoms with Crippen LogP contribution in [0.1, 0.15) is 0 Å². The normalized spacial score (nSPS) is 16.4. The predicted octanol–water partition coefficient (Wildman–Crippen LogP) is -1.23. The van der Waals surface area contributed by atoms with Crippen molar-refractivity contribution in [2.75, 3.05) is 32.4 Å². The number of anilines is 1. The third-order valence-electron chi connectivity index (χ3n) is 2.76. The summed E-state index contributed by atoms with van der Waals surface area (Å²) in [5, 5.41) is 3.93. The second kappa shape index (κ2) is 4.44. The molecule has 0 saturated carbocycles. The first-order chi connectivity index (χ1) is 8.06. The quantitative estimate of drug-likeness (QED) is 0.697. The van der Waals surface area contributed by atoms with Crippen molar-refractivity contribution in [1.29, 1.82) is 0 Å². The number of rotatable bonds is 2. The molecule has 1 fully saturated rings. The Kier molecular flexibility index (Phi) is 2.99. The Morgan fingerprint density at radius 1 is 1.53 bits per heavy atom. The lowest BCUT2D eigenvalue weighted by molar-refractivity contribution is -0.144. The average molecular weight is 237 g/mol. The molecule has 92 valence electrons. The van der Waals surface area contributed by atoms with Crippen LogP contribution in [-0.2, 0) is 16.1 Å². The van der Waals surface area contributed by atoms with E-state index in [0.29, 0.717) is 18.8 Å². The molecule has 7 heteroatoms. The molecule has 0 spiro atoms. The standard InChI is InChI=1S/C10H15N5O2/c1-13-2-3-14(6-9(13)16)10(17)7-15-5-8(11)4-12-15/h4-5H,2-3,6-7,11H2,1H3. The van der Waals surface area contributed by atoms with Crippen molar-refractivity contribution < 1.29 is 9.59 Å². The number of amides is 2. The molecule has 2 amide bonds. The molecule has 0 unspecified atom stereocenters.